The Morgan fingerprint density at radius 3 is 2.56 bits per heavy atom. The monoisotopic (exact) mass is 577 g/mol. The molecule has 1 unspecified atom stereocenters. The molecule has 0 radical (unpaired) electrons. The molecule has 1 aromatic carbocycles. The highest BCUT2D eigenvalue weighted by molar-refractivity contribution is 14.0. The molecule has 3 N–H and O–H groups in total. The number of nitrogens with zero attached hydrogens (tertiary/aromatic N) is 2. The average molecular weight is 577 g/mol. The van der Waals surface area contributed by atoms with Gasteiger partial charge in [0.1, 0.15) is 0 Å². The molecule has 1 aromatic rings. The van der Waals surface area contributed by atoms with E-state index in [-0.39, 0.29) is 59.8 Å². The van der Waals surface area contributed by atoms with E-state index in [1.54, 1.807) is 0 Å². The van der Waals surface area contributed by atoms with Gasteiger partial charge in [-0.25, -0.2) is 13.4 Å². The molecule has 0 saturated carbocycles. The predicted molar refractivity (Wildman–Crippen MR) is 136 cm³/mol. The van der Waals surface area contributed by atoms with Crippen molar-refractivity contribution in [2.24, 2.45) is 4.99 Å². The van der Waals surface area contributed by atoms with Crippen molar-refractivity contribution in [2.45, 2.75) is 45.2 Å². The second-order valence-corrected chi connectivity index (χ2v) is 10.1. The first-order chi connectivity index (χ1) is 14.9. The van der Waals surface area contributed by atoms with Crippen molar-refractivity contribution in [1.29, 1.82) is 0 Å². The summed E-state index contributed by atoms with van der Waals surface area (Å²) in [5.41, 5.74) is 1.94. The van der Waals surface area contributed by atoms with Crippen LogP contribution in [0.15, 0.2) is 29.3 Å². The molecule has 9 nitrogen and oxygen atoms in total. The van der Waals surface area contributed by atoms with Gasteiger partial charge in [0.25, 0.3) is 0 Å². The Kier molecular flexibility index (Phi) is 10.2. The number of aliphatic imine (C=N–C) groups is 1. The van der Waals surface area contributed by atoms with Crippen LogP contribution in [0.5, 0.6) is 0 Å². The molecule has 0 bridgehead atoms. The number of anilines is 1. The number of halogens is 1. The highest BCUT2D eigenvalue weighted by atomic mass is 127. The lowest BCUT2D eigenvalue weighted by atomic mass is 10.2. The van der Waals surface area contributed by atoms with Crippen molar-refractivity contribution < 1.29 is 18.0 Å². The molecule has 2 aliphatic rings. The highest BCUT2D eigenvalue weighted by Crippen LogP contribution is 2.21. The number of carbonyl (C=O) groups excluding carboxylic acids is 2. The molecular weight excluding hydrogens is 545 g/mol. The Bertz CT molecular complexity index is 921. The fraction of sp³-hybridized carbons (Fsp3) is 0.571. The van der Waals surface area contributed by atoms with Crippen LogP contribution in [0.25, 0.3) is 0 Å². The Balaban J connectivity index is 0.00000363. The lowest BCUT2D eigenvalue weighted by Gasteiger charge is -2.16. The van der Waals surface area contributed by atoms with E-state index in [4.69, 9.17) is 0 Å². The summed E-state index contributed by atoms with van der Waals surface area (Å²) < 4.78 is 23.0. The van der Waals surface area contributed by atoms with E-state index in [0.717, 1.165) is 24.2 Å². The largest absolute Gasteiger partial charge is 0.357 e. The average Bonchev–Trinajstić information content (AvgIpc) is 3.31. The zero-order chi connectivity index (χ0) is 22.3. The predicted octanol–water partition coefficient (Wildman–Crippen LogP) is 1.18. The Hall–Kier alpha value is -1.89. The minimum Gasteiger partial charge on any atom is -0.357 e. The number of guanidine groups is 1. The van der Waals surface area contributed by atoms with Gasteiger partial charge in [-0.15, -0.1) is 24.0 Å². The van der Waals surface area contributed by atoms with Crippen molar-refractivity contribution in [3.05, 3.63) is 29.8 Å². The van der Waals surface area contributed by atoms with Gasteiger partial charge in [-0.1, -0.05) is 12.1 Å². The molecule has 2 heterocycles. The van der Waals surface area contributed by atoms with Crippen molar-refractivity contribution >= 4 is 57.3 Å². The van der Waals surface area contributed by atoms with Gasteiger partial charge in [-0.2, -0.15) is 0 Å². The van der Waals surface area contributed by atoms with E-state index in [0.29, 0.717) is 38.4 Å². The first kappa shape index (κ1) is 26.4. The molecule has 2 fully saturated rings. The van der Waals surface area contributed by atoms with Crippen LogP contribution in [0.4, 0.5) is 5.69 Å². The molecule has 2 aliphatic heterocycles. The number of sulfone groups is 1. The molecule has 1 atom stereocenters. The van der Waals surface area contributed by atoms with Crippen molar-refractivity contribution in [1.82, 2.24) is 16.0 Å². The summed E-state index contributed by atoms with van der Waals surface area (Å²) >= 11 is 0. The number of carbonyl (C=O) groups is 2. The third-order valence-corrected chi connectivity index (χ3v) is 7.10. The number of hydrogen-bond acceptors (Lipinski definition) is 5. The van der Waals surface area contributed by atoms with Crippen LogP contribution in [0.2, 0.25) is 0 Å². The molecule has 32 heavy (non-hydrogen) atoms. The quantitative estimate of drug-likeness (QED) is 0.243. The van der Waals surface area contributed by atoms with Gasteiger partial charge >= 0.3 is 0 Å². The Labute approximate surface area is 206 Å². The maximum atomic E-state index is 12.1. The summed E-state index contributed by atoms with van der Waals surface area (Å²) in [5, 5.41) is 9.06. The summed E-state index contributed by atoms with van der Waals surface area (Å²) in [6, 6.07) is 7.55. The first-order valence-electron chi connectivity index (χ1n) is 10.8. The second-order valence-electron chi connectivity index (χ2n) is 7.85. The van der Waals surface area contributed by atoms with Crippen molar-refractivity contribution in [2.75, 3.05) is 36.0 Å². The van der Waals surface area contributed by atoms with E-state index in [1.807, 2.05) is 36.1 Å². The molecule has 178 valence electrons. The van der Waals surface area contributed by atoms with Gasteiger partial charge in [-0.05, 0) is 37.5 Å². The van der Waals surface area contributed by atoms with Gasteiger partial charge in [0.05, 0.1) is 18.1 Å². The van der Waals surface area contributed by atoms with Gasteiger partial charge in [0.15, 0.2) is 15.8 Å². The van der Waals surface area contributed by atoms with Crippen LogP contribution in [0.1, 0.15) is 38.2 Å². The molecular formula is C21H32IN5O4S. The smallest absolute Gasteiger partial charge is 0.227 e. The van der Waals surface area contributed by atoms with Gasteiger partial charge in [0, 0.05) is 44.2 Å². The topological polar surface area (TPSA) is 120 Å². The molecule has 2 saturated heterocycles. The summed E-state index contributed by atoms with van der Waals surface area (Å²) in [5.74, 6) is 0.780. The van der Waals surface area contributed by atoms with Crippen LogP contribution >= 0.6 is 24.0 Å². The zero-order valence-electron chi connectivity index (χ0n) is 18.3. The minimum atomic E-state index is -3.01. The molecule has 0 aromatic heterocycles. The number of benzene rings is 1. The maximum absolute atomic E-state index is 12.1. The number of hydrogen-bond donors (Lipinski definition) is 3. The summed E-state index contributed by atoms with van der Waals surface area (Å²) in [6.07, 6.45) is 2.23. The van der Waals surface area contributed by atoms with Crippen molar-refractivity contribution in [3.63, 3.8) is 0 Å². The van der Waals surface area contributed by atoms with E-state index in [9.17, 15) is 18.0 Å². The molecule has 0 spiro atoms. The van der Waals surface area contributed by atoms with Crippen LogP contribution < -0.4 is 20.9 Å². The summed E-state index contributed by atoms with van der Waals surface area (Å²) in [7, 11) is -3.01. The normalized spacial score (nSPS) is 20.0. The molecule has 3 rings (SSSR count). The third kappa shape index (κ3) is 7.91. The fourth-order valence-electron chi connectivity index (χ4n) is 3.72. The molecule has 11 heteroatoms. The lowest BCUT2D eigenvalue weighted by molar-refractivity contribution is -0.121. The number of nitrogens with one attached hydrogen (secondary N) is 3. The van der Waals surface area contributed by atoms with Crippen LogP contribution in [0, 0.1) is 0 Å². The highest BCUT2D eigenvalue weighted by Gasteiger charge is 2.28. The van der Waals surface area contributed by atoms with E-state index in [2.05, 4.69) is 20.9 Å². The lowest BCUT2D eigenvalue weighted by Crippen LogP contribution is -2.41. The SMILES string of the molecule is CCNC(=NCc1ccc(N2CCCC2=O)cc1)NCCC(=O)NC1CCS(=O)(=O)C1.I. The summed E-state index contributed by atoms with van der Waals surface area (Å²) in [4.78, 5) is 30.3. The van der Waals surface area contributed by atoms with Crippen LogP contribution in [0.3, 0.4) is 0 Å². The standard InChI is InChI=1S/C21H31N5O4S.HI/c1-2-22-21(23-11-9-19(27)25-17-10-13-31(29,30)15-17)24-14-16-5-7-18(8-6-16)26-12-3-4-20(26)28;/h5-8,17H,2-4,9-15H2,1H3,(H,25,27)(H2,22,23,24);1H. The van der Waals surface area contributed by atoms with Crippen LogP contribution in [-0.2, 0) is 26.0 Å². The van der Waals surface area contributed by atoms with E-state index < -0.39 is 9.84 Å². The second kappa shape index (κ2) is 12.4. The Morgan fingerprint density at radius 2 is 1.97 bits per heavy atom. The fourth-order valence-corrected chi connectivity index (χ4v) is 5.39. The molecule has 2 amide bonds. The minimum absolute atomic E-state index is 0. The van der Waals surface area contributed by atoms with Gasteiger partial charge < -0.3 is 20.9 Å². The van der Waals surface area contributed by atoms with E-state index >= 15 is 0 Å². The zero-order valence-corrected chi connectivity index (χ0v) is 21.4. The maximum Gasteiger partial charge on any atom is 0.227 e. The van der Waals surface area contributed by atoms with Gasteiger partial charge in [-0.3, -0.25) is 9.59 Å². The van der Waals surface area contributed by atoms with Gasteiger partial charge in [0.2, 0.25) is 11.8 Å². The first-order valence-corrected chi connectivity index (χ1v) is 12.6. The third-order valence-electron chi connectivity index (χ3n) is 5.33. The Morgan fingerprint density at radius 1 is 1.22 bits per heavy atom. The molecule has 0 aliphatic carbocycles. The van der Waals surface area contributed by atoms with Crippen molar-refractivity contribution in [3.8, 4) is 0 Å². The number of rotatable bonds is 8. The van der Waals surface area contributed by atoms with Crippen LogP contribution in [-0.4, -0.2) is 63.4 Å². The number of amides is 2. The summed E-state index contributed by atoms with van der Waals surface area (Å²) in [6.45, 7) is 4.29. The van der Waals surface area contributed by atoms with E-state index in [1.165, 1.54) is 0 Å².